The van der Waals surface area contributed by atoms with Crippen LogP contribution in [0.3, 0.4) is 0 Å². The molecule has 1 aromatic rings. The van der Waals surface area contributed by atoms with Gasteiger partial charge in [-0.25, -0.2) is 0 Å². The van der Waals surface area contributed by atoms with Gasteiger partial charge in [0.25, 0.3) is 0 Å². The monoisotopic (exact) mass is 183 g/mol. The first-order chi connectivity index (χ1) is 6.09. The minimum atomic E-state index is -0.311. The van der Waals surface area contributed by atoms with E-state index in [1.165, 1.54) is 0 Å². The molecule has 0 spiro atoms. The third kappa shape index (κ3) is 2.85. The topological polar surface area (TPSA) is 68.0 Å². The van der Waals surface area contributed by atoms with Crippen LogP contribution < -0.4 is 5.32 Å². The quantitative estimate of drug-likeness (QED) is 0.751. The lowest BCUT2D eigenvalue weighted by molar-refractivity contribution is 0.0913. The minimum absolute atomic E-state index is 0.0261. The van der Waals surface area contributed by atoms with Crippen molar-refractivity contribution in [2.75, 3.05) is 6.54 Å². The zero-order valence-electron chi connectivity index (χ0n) is 8.00. The summed E-state index contributed by atoms with van der Waals surface area (Å²) in [5, 5.41) is 9.83. The van der Waals surface area contributed by atoms with Gasteiger partial charge in [0, 0.05) is 13.5 Å². The van der Waals surface area contributed by atoms with Gasteiger partial charge in [0.15, 0.2) is 0 Å². The van der Waals surface area contributed by atoms with Crippen molar-refractivity contribution in [3.8, 4) is 0 Å². The van der Waals surface area contributed by atoms with Gasteiger partial charge in [-0.15, -0.1) is 10.2 Å². The van der Waals surface area contributed by atoms with Crippen LogP contribution in [0.4, 0.5) is 0 Å². The van der Waals surface area contributed by atoms with Gasteiger partial charge in [0.1, 0.15) is 0 Å². The lowest BCUT2D eigenvalue weighted by Gasteiger charge is -2.03. The molecule has 5 nitrogen and oxygen atoms in total. The van der Waals surface area contributed by atoms with Crippen LogP contribution in [0.15, 0.2) is 4.42 Å². The Balaban J connectivity index is 2.49. The van der Waals surface area contributed by atoms with Crippen molar-refractivity contribution in [3.63, 3.8) is 0 Å². The molecular weight excluding hydrogens is 170 g/mol. The van der Waals surface area contributed by atoms with Gasteiger partial charge in [0.2, 0.25) is 5.89 Å². The molecule has 1 rings (SSSR count). The van der Waals surface area contributed by atoms with Crippen LogP contribution in [0.1, 0.15) is 30.4 Å². The SMILES string of the molecule is Cc1nnc(C(=O)NCC(C)C)o1. The third-order valence-corrected chi connectivity index (χ3v) is 1.39. The van der Waals surface area contributed by atoms with Gasteiger partial charge >= 0.3 is 11.8 Å². The Morgan fingerprint density at radius 1 is 1.54 bits per heavy atom. The van der Waals surface area contributed by atoms with E-state index in [2.05, 4.69) is 15.5 Å². The zero-order chi connectivity index (χ0) is 9.84. The highest BCUT2D eigenvalue weighted by molar-refractivity contribution is 5.89. The molecule has 0 bridgehead atoms. The lowest BCUT2D eigenvalue weighted by atomic mass is 10.2. The number of rotatable bonds is 3. The maximum Gasteiger partial charge on any atom is 0.308 e. The Morgan fingerprint density at radius 2 is 2.23 bits per heavy atom. The molecule has 1 heterocycles. The average molecular weight is 183 g/mol. The summed E-state index contributed by atoms with van der Waals surface area (Å²) in [6, 6.07) is 0. The largest absolute Gasteiger partial charge is 0.417 e. The highest BCUT2D eigenvalue weighted by atomic mass is 16.4. The second-order valence-corrected chi connectivity index (χ2v) is 3.23. The molecule has 0 aliphatic rings. The Kier molecular flexibility index (Phi) is 3.00. The molecule has 0 aliphatic heterocycles. The number of nitrogens with one attached hydrogen (secondary N) is 1. The molecule has 1 aromatic heterocycles. The molecule has 0 atom stereocenters. The normalized spacial score (nSPS) is 10.5. The maximum absolute atomic E-state index is 11.3. The van der Waals surface area contributed by atoms with Gasteiger partial charge in [-0.1, -0.05) is 13.8 Å². The third-order valence-electron chi connectivity index (χ3n) is 1.39. The first-order valence-electron chi connectivity index (χ1n) is 4.18. The van der Waals surface area contributed by atoms with Gasteiger partial charge < -0.3 is 9.73 Å². The first-order valence-corrected chi connectivity index (χ1v) is 4.18. The molecule has 0 saturated carbocycles. The summed E-state index contributed by atoms with van der Waals surface area (Å²) in [5.74, 6) is 0.523. The molecule has 0 aromatic carbocycles. The maximum atomic E-state index is 11.3. The van der Waals surface area contributed by atoms with Crippen LogP contribution in [0.25, 0.3) is 0 Å². The van der Waals surface area contributed by atoms with Gasteiger partial charge in [0.05, 0.1) is 0 Å². The Labute approximate surface area is 76.5 Å². The van der Waals surface area contributed by atoms with Crippen molar-refractivity contribution < 1.29 is 9.21 Å². The van der Waals surface area contributed by atoms with Crippen molar-refractivity contribution in [2.45, 2.75) is 20.8 Å². The summed E-state index contributed by atoms with van der Waals surface area (Å²) < 4.78 is 4.94. The predicted octanol–water partition coefficient (Wildman–Crippen LogP) is 0.764. The van der Waals surface area contributed by atoms with E-state index in [9.17, 15) is 4.79 Å². The van der Waals surface area contributed by atoms with Crippen molar-refractivity contribution >= 4 is 5.91 Å². The zero-order valence-corrected chi connectivity index (χ0v) is 8.00. The van der Waals surface area contributed by atoms with Crippen molar-refractivity contribution in [2.24, 2.45) is 5.92 Å². The number of hydrogen-bond donors (Lipinski definition) is 1. The number of amides is 1. The van der Waals surface area contributed by atoms with E-state index in [1.807, 2.05) is 13.8 Å². The average Bonchev–Trinajstić information content (AvgIpc) is 2.47. The van der Waals surface area contributed by atoms with Crippen LogP contribution in [-0.4, -0.2) is 22.6 Å². The molecule has 1 N–H and O–H groups in total. The molecule has 0 unspecified atom stereocenters. The van der Waals surface area contributed by atoms with Crippen LogP contribution in [-0.2, 0) is 0 Å². The molecule has 0 saturated heterocycles. The van der Waals surface area contributed by atoms with E-state index < -0.39 is 0 Å². The number of carbonyl (C=O) groups is 1. The molecule has 13 heavy (non-hydrogen) atoms. The van der Waals surface area contributed by atoms with Crippen molar-refractivity contribution in [1.29, 1.82) is 0 Å². The van der Waals surface area contributed by atoms with E-state index >= 15 is 0 Å². The molecule has 5 heteroatoms. The van der Waals surface area contributed by atoms with E-state index in [1.54, 1.807) is 6.92 Å². The smallest absolute Gasteiger partial charge is 0.308 e. The fraction of sp³-hybridized carbons (Fsp3) is 0.625. The summed E-state index contributed by atoms with van der Waals surface area (Å²) >= 11 is 0. The van der Waals surface area contributed by atoms with Crippen LogP contribution in [0.2, 0.25) is 0 Å². The second kappa shape index (κ2) is 4.02. The molecule has 72 valence electrons. The van der Waals surface area contributed by atoms with E-state index in [-0.39, 0.29) is 11.8 Å². The number of aromatic nitrogens is 2. The summed E-state index contributed by atoms with van der Waals surface area (Å²) in [6.07, 6.45) is 0. The summed E-state index contributed by atoms with van der Waals surface area (Å²) in [6.45, 7) is 6.28. The van der Waals surface area contributed by atoms with Crippen molar-refractivity contribution in [1.82, 2.24) is 15.5 Å². The summed E-state index contributed by atoms with van der Waals surface area (Å²) in [5.41, 5.74) is 0. The van der Waals surface area contributed by atoms with E-state index in [4.69, 9.17) is 4.42 Å². The summed E-state index contributed by atoms with van der Waals surface area (Å²) in [4.78, 5) is 11.3. The second-order valence-electron chi connectivity index (χ2n) is 3.23. The standard InChI is InChI=1S/C8H13N3O2/c1-5(2)4-9-7(12)8-11-10-6(3)13-8/h5H,4H2,1-3H3,(H,9,12). The number of nitrogens with zero attached hydrogens (tertiary/aromatic N) is 2. The Morgan fingerprint density at radius 3 is 2.69 bits per heavy atom. The minimum Gasteiger partial charge on any atom is -0.417 e. The Bertz CT molecular complexity index is 293. The molecule has 0 radical (unpaired) electrons. The molecular formula is C8H13N3O2. The number of carbonyl (C=O) groups excluding carboxylic acids is 1. The van der Waals surface area contributed by atoms with Crippen LogP contribution >= 0.6 is 0 Å². The first kappa shape index (κ1) is 9.70. The Hall–Kier alpha value is -1.39. The van der Waals surface area contributed by atoms with E-state index in [0.29, 0.717) is 18.4 Å². The van der Waals surface area contributed by atoms with Crippen LogP contribution in [0.5, 0.6) is 0 Å². The van der Waals surface area contributed by atoms with Gasteiger partial charge in [-0.05, 0) is 5.92 Å². The fourth-order valence-corrected chi connectivity index (χ4v) is 0.761. The van der Waals surface area contributed by atoms with Crippen LogP contribution in [0, 0.1) is 12.8 Å². The van der Waals surface area contributed by atoms with E-state index in [0.717, 1.165) is 0 Å². The fourth-order valence-electron chi connectivity index (χ4n) is 0.761. The lowest BCUT2D eigenvalue weighted by Crippen LogP contribution is -2.27. The number of hydrogen-bond acceptors (Lipinski definition) is 4. The predicted molar refractivity (Wildman–Crippen MR) is 46.2 cm³/mol. The summed E-state index contributed by atoms with van der Waals surface area (Å²) in [7, 11) is 0. The highest BCUT2D eigenvalue weighted by Gasteiger charge is 2.12. The molecule has 0 fully saturated rings. The molecule has 0 aliphatic carbocycles. The van der Waals surface area contributed by atoms with Gasteiger partial charge in [-0.3, -0.25) is 4.79 Å². The highest BCUT2D eigenvalue weighted by Crippen LogP contribution is 1.97. The number of aryl methyl sites for hydroxylation is 1. The van der Waals surface area contributed by atoms with Crippen molar-refractivity contribution in [3.05, 3.63) is 11.8 Å². The van der Waals surface area contributed by atoms with Gasteiger partial charge in [-0.2, -0.15) is 0 Å². The molecule has 1 amide bonds.